The van der Waals surface area contributed by atoms with Gasteiger partial charge in [0, 0.05) is 47.4 Å². The number of carbonyl (C=O) groups excluding carboxylic acids is 1. The lowest BCUT2D eigenvalue weighted by Gasteiger charge is -2.00. The van der Waals surface area contributed by atoms with Gasteiger partial charge in [-0.15, -0.1) is 0 Å². The van der Waals surface area contributed by atoms with Crippen LogP contribution in [0.1, 0.15) is 15.9 Å². The van der Waals surface area contributed by atoms with Crippen molar-refractivity contribution >= 4 is 17.5 Å². The van der Waals surface area contributed by atoms with Gasteiger partial charge in [0.2, 0.25) is 0 Å². The third kappa shape index (κ3) is 4.05. The number of rotatable bonds is 6. The van der Waals surface area contributed by atoms with Crippen LogP contribution >= 0.6 is 0 Å². The molecule has 0 atom stereocenters. The Bertz CT molecular complexity index is 1230. The summed E-state index contributed by atoms with van der Waals surface area (Å²) >= 11 is 0. The van der Waals surface area contributed by atoms with Gasteiger partial charge in [0.25, 0.3) is 5.69 Å². The Kier molecular flexibility index (Phi) is 5.25. The normalized spacial score (nSPS) is 10.9. The largest absolute Gasteiger partial charge is 0.289 e. The van der Waals surface area contributed by atoms with Gasteiger partial charge in [-0.2, -0.15) is 5.10 Å². The van der Waals surface area contributed by atoms with Gasteiger partial charge in [-0.3, -0.25) is 19.9 Å². The van der Waals surface area contributed by atoms with Crippen LogP contribution in [0.2, 0.25) is 0 Å². The Hall–Kier alpha value is -4.39. The smallest absolute Gasteiger partial charge is 0.270 e. The van der Waals surface area contributed by atoms with Gasteiger partial charge in [-0.25, -0.2) is 4.68 Å². The topological polar surface area (TPSA) is 90.9 Å². The van der Waals surface area contributed by atoms with Crippen LogP contribution in [0.5, 0.6) is 0 Å². The van der Waals surface area contributed by atoms with Gasteiger partial charge in [-0.1, -0.05) is 30.3 Å². The number of aromatic nitrogens is 3. The van der Waals surface area contributed by atoms with Crippen molar-refractivity contribution < 1.29 is 9.72 Å². The van der Waals surface area contributed by atoms with Gasteiger partial charge in [-0.05, 0) is 36.4 Å². The lowest BCUT2D eigenvalue weighted by Crippen LogP contribution is -1.96. The molecule has 0 aliphatic heterocycles. The third-order valence-electron chi connectivity index (χ3n) is 4.45. The maximum atomic E-state index is 12.6. The highest BCUT2D eigenvalue weighted by Crippen LogP contribution is 2.24. The second kappa shape index (κ2) is 8.32. The van der Waals surface area contributed by atoms with Crippen LogP contribution < -0.4 is 0 Å². The van der Waals surface area contributed by atoms with Crippen molar-refractivity contribution in [2.24, 2.45) is 0 Å². The van der Waals surface area contributed by atoms with Crippen LogP contribution in [-0.2, 0) is 0 Å². The molecule has 0 N–H and O–H groups in total. The number of hydrogen-bond acceptors (Lipinski definition) is 5. The molecule has 146 valence electrons. The van der Waals surface area contributed by atoms with Crippen molar-refractivity contribution in [3.05, 3.63) is 113 Å². The summed E-state index contributed by atoms with van der Waals surface area (Å²) in [7, 11) is 0. The molecule has 0 amide bonds. The lowest BCUT2D eigenvalue weighted by atomic mass is 10.1. The van der Waals surface area contributed by atoms with E-state index < -0.39 is 4.92 Å². The fourth-order valence-corrected chi connectivity index (χ4v) is 2.98. The maximum Gasteiger partial charge on any atom is 0.270 e. The number of pyridine rings is 1. The minimum absolute atomic E-state index is 0.123. The molecule has 0 unspecified atom stereocenters. The Morgan fingerprint density at radius 3 is 2.60 bits per heavy atom. The van der Waals surface area contributed by atoms with E-state index in [-0.39, 0.29) is 17.0 Å². The average molecular weight is 396 g/mol. The summed E-state index contributed by atoms with van der Waals surface area (Å²) in [6.07, 6.45) is 8.27. The highest BCUT2D eigenvalue weighted by atomic mass is 16.6. The van der Waals surface area contributed by atoms with E-state index in [1.807, 2.05) is 48.7 Å². The number of carbonyl (C=O) groups is 1. The van der Waals surface area contributed by atoms with Crippen molar-refractivity contribution in [2.75, 3.05) is 0 Å². The first-order chi connectivity index (χ1) is 14.6. The Morgan fingerprint density at radius 1 is 1.03 bits per heavy atom. The molecule has 2 heterocycles. The third-order valence-corrected chi connectivity index (χ3v) is 4.45. The molecule has 7 nitrogen and oxygen atoms in total. The Morgan fingerprint density at radius 2 is 1.87 bits per heavy atom. The van der Waals surface area contributed by atoms with Gasteiger partial charge in [0.15, 0.2) is 5.78 Å². The number of benzene rings is 2. The number of hydrogen-bond donors (Lipinski definition) is 0. The lowest BCUT2D eigenvalue weighted by molar-refractivity contribution is -0.384. The predicted octanol–water partition coefficient (Wildman–Crippen LogP) is 4.74. The van der Waals surface area contributed by atoms with E-state index >= 15 is 0 Å². The van der Waals surface area contributed by atoms with Crippen molar-refractivity contribution in [1.82, 2.24) is 14.8 Å². The van der Waals surface area contributed by atoms with E-state index in [0.717, 1.165) is 16.8 Å². The van der Waals surface area contributed by atoms with Crippen molar-refractivity contribution in [1.29, 1.82) is 0 Å². The standard InChI is InChI=1S/C23H16N4O3/c28-22(17-6-4-10-21(14-17)27(29)30)12-11-19-16-26(20-8-2-1-3-9-20)25-23(19)18-7-5-13-24-15-18/h1-16H/b12-11+. The summed E-state index contributed by atoms with van der Waals surface area (Å²) in [5, 5.41) is 15.6. The number of allylic oxidation sites excluding steroid dienone is 1. The van der Waals surface area contributed by atoms with E-state index in [4.69, 9.17) is 0 Å². The highest BCUT2D eigenvalue weighted by molar-refractivity contribution is 6.07. The maximum absolute atomic E-state index is 12.6. The highest BCUT2D eigenvalue weighted by Gasteiger charge is 2.13. The summed E-state index contributed by atoms with van der Waals surface area (Å²) in [5.41, 5.74) is 3.23. The first kappa shape index (κ1) is 18.9. The van der Waals surface area contributed by atoms with Crippen molar-refractivity contribution in [3.63, 3.8) is 0 Å². The molecule has 0 bridgehead atoms. The van der Waals surface area contributed by atoms with E-state index in [1.54, 1.807) is 29.2 Å². The van der Waals surface area contributed by atoms with Gasteiger partial charge >= 0.3 is 0 Å². The Balaban J connectivity index is 1.71. The van der Waals surface area contributed by atoms with Crippen molar-refractivity contribution in [2.45, 2.75) is 0 Å². The number of nitro benzene ring substituents is 1. The molecule has 0 fully saturated rings. The summed E-state index contributed by atoms with van der Waals surface area (Å²) in [6.45, 7) is 0. The fourth-order valence-electron chi connectivity index (χ4n) is 2.98. The first-order valence-corrected chi connectivity index (χ1v) is 9.14. The fraction of sp³-hybridized carbons (Fsp3) is 0. The molecule has 0 saturated heterocycles. The average Bonchev–Trinajstić information content (AvgIpc) is 3.23. The zero-order chi connectivity index (χ0) is 20.9. The summed E-state index contributed by atoms with van der Waals surface area (Å²) < 4.78 is 1.74. The molecule has 0 saturated carbocycles. The van der Waals surface area contributed by atoms with Gasteiger partial charge < -0.3 is 0 Å². The van der Waals surface area contributed by atoms with Gasteiger partial charge in [0.1, 0.15) is 5.69 Å². The number of para-hydroxylation sites is 1. The van der Waals surface area contributed by atoms with Crippen LogP contribution in [0, 0.1) is 10.1 Å². The van der Waals surface area contributed by atoms with Crippen LogP contribution in [0.25, 0.3) is 23.0 Å². The molecule has 0 radical (unpaired) electrons. The van der Waals surface area contributed by atoms with E-state index in [2.05, 4.69) is 10.1 Å². The molecule has 4 rings (SSSR count). The Labute approximate surface area is 172 Å². The van der Waals surface area contributed by atoms with E-state index in [1.165, 1.54) is 24.3 Å². The number of nitrogens with zero attached hydrogens (tertiary/aromatic N) is 4. The molecular formula is C23H16N4O3. The number of nitro groups is 1. The predicted molar refractivity (Wildman–Crippen MR) is 113 cm³/mol. The van der Waals surface area contributed by atoms with E-state index in [9.17, 15) is 14.9 Å². The molecule has 0 aliphatic carbocycles. The van der Waals surface area contributed by atoms with E-state index in [0.29, 0.717) is 5.69 Å². The molecule has 30 heavy (non-hydrogen) atoms. The zero-order valence-corrected chi connectivity index (χ0v) is 15.8. The molecule has 0 spiro atoms. The molecule has 2 aromatic carbocycles. The minimum atomic E-state index is -0.523. The number of non-ortho nitro benzene ring substituents is 1. The molecule has 4 aromatic rings. The quantitative estimate of drug-likeness (QED) is 0.203. The molecule has 7 heteroatoms. The van der Waals surface area contributed by atoms with Crippen LogP contribution in [0.4, 0.5) is 5.69 Å². The van der Waals surface area contributed by atoms with Crippen LogP contribution in [-0.4, -0.2) is 25.5 Å². The number of ketones is 1. The minimum Gasteiger partial charge on any atom is -0.289 e. The second-order valence-electron chi connectivity index (χ2n) is 6.46. The second-order valence-corrected chi connectivity index (χ2v) is 6.46. The molecule has 2 aromatic heterocycles. The molecule has 0 aliphatic rings. The summed E-state index contributed by atoms with van der Waals surface area (Å²) in [6, 6.07) is 19.0. The zero-order valence-electron chi connectivity index (χ0n) is 15.8. The summed E-state index contributed by atoms with van der Waals surface area (Å²) in [4.78, 5) is 27.1. The first-order valence-electron chi connectivity index (χ1n) is 9.14. The van der Waals surface area contributed by atoms with Gasteiger partial charge in [0.05, 0.1) is 10.6 Å². The van der Waals surface area contributed by atoms with Crippen LogP contribution in [0.15, 0.2) is 91.4 Å². The van der Waals surface area contributed by atoms with Crippen LogP contribution in [0.3, 0.4) is 0 Å². The SMILES string of the molecule is O=C(/C=C/c1cn(-c2ccccc2)nc1-c1cccnc1)c1cccc([N+](=O)[O-])c1. The molecular weight excluding hydrogens is 380 g/mol. The monoisotopic (exact) mass is 396 g/mol. The van der Waals surface area contributed by atoms with Crippen molar-refractivity contribution in [3.8, 4) is 16.9 Å². The summed E-state index contributed by atoms with van der Waals surface area (Å²) in [5.74, 6) is -0.330.